The summed E-state index contributed by atoms with van der Waals surface area (Å²) in [5, 5.41) is 14.4. The van der Waals surface area contributed by atoms with Crippen LogP contribution in [0.3, 0.4) is 0 Å². The lowest BCUT2D eigenvalue weighted by Gasteiger charge is -2.24. The predicted octanol–water partition coefficient (Wildman–Crippen LogP) is 2.50. The molecule has 144 valence electrons. The molecule has 28 heavy (non-hydrogen) atoms. The van der Waals surface area contributed by atoms with Crippen LogP contribution in [0.5, 0.6) is 0 Å². The van der Waals surface area contributed by atoms with Gasteiger partial charge in [0, 0.05) is 31.0 Å². The first-order chi connectivity index (χ1) is 13.7. The number of nitrogens with zero attached hydrogens (tertiary/aromatic N) is 5. The summed E-state index contributed by atoms with van der Waals surface area (Å²) in [5.41, 5.74) is 3.15. The van der Waals surface area contributed by atoms with E-state index in [-0.39, 0.29) is 12.7 Å². The second-order valence-electron chi connectivity index (χ2n) is 7.42. The highest BCUT2D eigenvalue weighted by Crippen LogP contribution is 2.33. The molecule has 7 heteroatoms. The van der Waals surface area contributed by atoms with Crippen molar-refractivity contribution in [2.45, 2.75) is 38.5 Å². The van der Waals surface area contributed by atoms with Crippen LogP contribution >= 0.6 is 0 Å². The van der Waals surface area contributed by atoms with E-state index >= 15 is 0 Å². The number of aliphatic hydroxyl groups is 1. The van der Waals surface area contributed by atoms with Crippen molar-refractivity contribution in [1.29, 1.82) is 0 Å². The van der Waals surface area contributed by atoms with Crippen molar-refractivity contribution in [3.8, 4) is 17.1 Å². The van der Waals surface area contributed by atoms with Crippen molar-refractivity contribution in [3.63, 3.8) is 0 Å². The Morgan fingerprint density at radius 2 is 2.04 bits per heavy atom. The molecule has 0 aliphatic carbocycles. The molecule has 5 rings (SSSR count). The van der Waals surface area contributed by atoms with Gasteiger partial charge in [-0.15, -0.1) is 0 Å². The van der Waals surface area contributed by atoms with E-state index in [0.29, 0.717) is 17.7 Å². The van der Waals surface area contributed by atoms with Gasteiger partial charge in [-0.1, -0.05) is 23.8 Å². The van der Waals surface area contributed by atoms with Gasteiger partial charge < -0.3 is 14.7 Å². The largest absolute Gasteiger partial charge is 0.388 e. The highest BCUT2D eigenvalue weighted by atomic mass is 16.5. The topological polar surface area (TPSA) is 76.3 Å². The molecule has 7 nitrogen and oxygen atoms in total. The third-order valence-electron chi connectivity index (χ3n) is 5.55. The Balaban J connectivity index is 1.50. The summed E-state index contributed by atoms with van der Waals surface area (Å²) in [6, 6.07) is 12.6. The zero-order chi connectivity index (χ0) is 19.1. The van der Waals surface area contributed by atoms with Gasteiger partial charge in [-0.2, -0.15) is 5.10 Å². The normalized spacial score (nSPS) is 21.3. The summed E-state index contributed by atoms with van der Waals surface area (Å²) in [6.07, 6.45) is 4.21. The number of aromatic nitrogens is 4. The van der Waals surface area contributed by atoms with Crippen molar-refractivity contribution >= 4 is 5.82 Å². The van der Waals surface area contributed by atoms with Crippen LogP contribution in [-0.4, -0.2) is 50.2 Å². The van der Waals surface area contributed by atoms with Crippen molar-refractivity contribution in [2.24, 2.45) is 0 Å². The molecule has 0 spiro atoms. The first-order valence-corrected chi connectivity index (χ1v) is 9.71. The first-order valence-electron chi connectivity index (χ1n) is 9.71. The van der Waals surface area contributed by atoms with Crippen molar-refractivity contribution in [2.75, 3.05) is 18.1 Å². The minimum atomic E-state index is -0.203. The monoisotopic (exact) mass is 377 g/mol. The highest BCUT2D eigenvalue weighted by molar-refractivity contribution is 5.60. The van der Waals surface area contributed by atoms with Crippen LogP contribution in [0.4, 0.5) is 5.82 Å². The Bertz CT molecular complexity index is 1000. The van der Waals surface area contributed by atoms with Gasteiger partial charge in [0.05, 0.1) is 17.8 Å². The molecule has 3 aromatic rings. The highest BCUT2D eigenvalue weighted by Gasteiger charge is 2.39. The van der Waals surface area contributed by atoms with Gasteiger partial charge in [0.2, 0.25) is 0 Å². The number of hydrogen-bond acceptors (Lipinski definition) is 6. The second-order valence-corrected chi connectivity index (χ2v) is 7.42. The third kappa shape index (κ3) is 3.06. The summed E-state index contributed by atoms with van der Waals surface area (Å²) in [4.78, 5) is 11.3. The lowest BCUT2D eigenvalue weighted by atomic mass is 10.1. The maximum Gasteiger partial charge on any atom is 0.159 e. The first kappa shape index (κ1) is 17.3. The summed E-state index contributed by atoms with van der Waals surface area (Å²) < 4.78 is 7.56. The molecule has 2 atom stereocenters. The van der Waals surface area contributed by atoms with E-state index in [0.717, 1.165) is 43.1 Å². The predicted molar refractivity (Wildman–Crippen MR) is 105 cm³/mol. The van der Waals surface area contributed by atoms with Crippen LogP contribution < -0.4 is 4.90 Å². The average molecular weight is 377 g/mol. The van der Waals surface area contributed by atoms with Crippen LogP contribution in [0.2, 0.25) is 0 Å². The minimum Gasteiger partial charge on any atom is -0.388 e. The number of anilines is 1. The molecule has 2 aliphatic heterocycles. The van der Waals surface area contributed by atoms with Crippen LogP contribution in [0.25, 0.3) is 17.1 Å². The molecule has 4 heterocycles. The van der Waals surface area contributed by atoms with Gasteiger partial charge in [0.1, 0.15) is 12.4 Å². The molecular formula is C21H23N5O2. The van der Waals surface area contributed by atoms with E-state index in [1.165, 1.54) is 5.56 Å². The lowest BCUT2D eigenvalue weighted by Crippen LogP contribution is -2.33. The number of aliphatic hydroxyl groups excluding tert-OH is 1. The molecule has 1 aromatic carbocycles. The van der Waals surface area contributed by atoms with Gasteiger partial charge >= 0.3 is 0 Å². The van der Waals surface area contributed by atoms with Gasteiger partial charge in [0.25, 0.3) is 0 Å². The van der Waals surface area contributed by atoms with Gasteiger partial charge in [-0.25, -0.2) is 14.6 Å². The number of benzene rings is 1. The van der Waals surface area contributed by atoms with E-state index < -0.39 is 0 Å². The van der Waals surface area contributed by atoms with Gasteiger partial charge in [-0.05, 0) is 31.9 Å². The quantitative estimate of drug-likeness (QED) is 0.753. The van der Waals surface area contributed by atoms with Crippen LogP contribution in [0.15, 0.2) is 42.6 Å². The van der Waals surface area contributed by atoms with Crippen molar-refractivity contribution < 1.29 is 9.84 Å². The molecule has 2 aromatic heterocycles. The fourth-order valence-electron chi connectivity index (χ4n) is 4.20. The fraction of sp³-hybridized carbons (Fsp3) is 0.381. The number of ether oxygens (including phenoxy) is 1. The lowest BCUT2D eigenvalue weighted by molar-refractivity contribution is 0.113. The standard InChI is InChI=1S/C21H23N5O2/c1-14-3-2-4-15(11-14)16-5-9-26(24-16)21-12-20(22-19(13-27)23-21)25-8-6-18-17(25)7-10-28-18/h2-5,9,11-12,17-18,27H,6-8,10,13H2,1H3/t17-,18-/m1/s1. The summed E-state index contributed by atoms with van der Waals surface area (Å²) in [6.45, 7) is 3.58. The third-order valence-corrected chi connectivity index (χ3v) is 5.55. The smallest absolute Gasteiger partial charge is 0.159 e. The average Bonchev–Trinajstić information content (AvgIpc) is 3.44. The Labute approximate surface area is 163 Å². The number of fused-ring (bicyclic) bond motifs is 1. The van der Waals surface area contributed by atoms with Crippen LogP contribution in [0, 0.1) is 6.92 Å². The maximum atomic E-state index is 9.68. The molecule has 0 unspecified atom stereocenters. The number of hydrogen-bond donors (Lipinski definition) is 1. The molecular weight excluding hydrogens is 354 g/mol. The van der Waals surface area contributed by atoms with Crippen LogP contribution in [0.1, 0.15) is 24.2 Å². The fourth-order valence-corrected chi connectivity index (χ4v) is 4.20. The van der Waals surface area contributed by atoms with E-state index in [2.05, 4.69) is 40.0 Å². The number of rotatable bonds is 4. The van der Waals surface area contributed by atoms with Gasteiger partial charge in [-0.3, -0.25) is 0 Å². The summed E-state index contributed by atoms with van der Waals surface area (Å²) >= 11 is 0. The molecule has 2 fully saturated rings. The zero-order valence-electron chi connectivity index (χ0n) is 15.8. The molecule has 2 aliphatic rings. The van der Waals surface area contributed by atoms with E-state index in [1.807, 2.05) is 24.4 Å². The Kier molecular flexibility index (Phi) is 4.33. The SMILES string of the molecule is Cc1cccc(-c2ccn(-c3cc(N4CC[C@H]5OCC[C@H]54)nc(CO)n3)n2)c1. The van der Waals surface area contributed by atoms with Crippen molar-refractivity contribution in [1.82, 2.24) is 19.7 Å². The minimum absolute atomic E-state index is 0.203. The molecule has 1 N–H and O–H groups in total. The number of aryl methyl sites for hydroxylation is 1. The van der Waals surface area contributed by atoms with E-state index in [1.54, 1.807) is 4.68 Å². The van der Waals surface area contributed by atoms with E-state index in [9.17, 15) is 5.11 Å². The molecule has 2 saturated heterocycles. The molecule has 0 amide bonds. The summed E-state index contributed by atoms with van der Waals surface area (Å²) in [7, 11) is 0. The van der Waals surface area contributed by atoms with E-state index in [4.69, 9.17) is 9.84 Å². The Morgan fingerprint density at radius 3 is 2.89 bits per heavy atom. The second kappa shape index (κ2) is 7.00. The van der Waals surface area contributed by atoms with Gasteiger partial charge in [0.15, 0.2) is 11.6 Å². The van der Waals surface area contributed by atoms with Crippen LogP contribution in [-0.2, 0) is 11.3 Å². The zero-order valence-corrected chi connectivity index (χ0v) is 15.8. The Morgan fingerprint density at radius 1 is 1.14 bits per heavy atom. The maximum absolute atomic E-state index is 9.68. The molecule has 0 radical (unpaired) electrons. The molecule has 0 bridgehead atoms. The molecule has 0 saturated carbocycles. The van der Waals surface area contributed by atoms with Crippen molar-refractivity contribution in [3.05, 3.63) is 54.0 Å². The Hall–Kier alpha value is -2.77. The summed E-state index contributed by atoms with van der Waals surface area (Å²) in [5.74, 6) is 1.90.